The van der Waals surface area contributed by atoms with E-state index in [0.717, 1.165) is 6.08 Å². The molecule has 0 radical (unpaired) electrons. The van der Waals surface area contributed by atoms with Gasteiger partial charge in [-0.1, -0.05) is 12.1 Å². The van der Waals surface area contributed by atoms with Crippen molar-refractivity contribution >= 4 is 18.0 Å². The third-order valence-electron chi connectivity index (χ3n) is 2.12. The molecule has 0 fully saturated rings. The number of ether oxygens (including phenoxy) is 2. The average Bonchev–Trinajstić information content (AvgIpc) is 2.37. The predicted molar refractivity (Wildman–Crippen MR) is 63.4 cm³/mol. The van der Waals surface area contributed by atoms with Crippen molar-refractivity contribution in [3.8, 4) is 0 Å². The van der Waals surface area contributed by atoms with Crippen LogP contribution >= 0.6 is 0 Å². The summed E-state index contributed by atoms with van der Waals surface area (Å²) in [5.41, 5.74) is -0.0607. The van der Waals surface area contributed by atoms with Crippen LogP contribution in [0.1, 0.15) is 22.8 Å². The summed E-state index contributed by atoms with van der Waals surface area (Å²) < 4.78 is 22.9. The zero-order valence-electron chi connectivity index (χ0n) is 10.1. The molecule has 0 N–H and O–H groups in total. The Hall–Kier alpha value is -2.17. The molecule has 0 heterocycles. The molecule has 0 atom stereocenters. The van der Waals surface area contributed by atoms with E-state index in [1.165, 1.54) is 31.4 Å². The van der Waals surface area contributed by atoms with Crippen molar-refractivity contribution in [2.75, 3.05) is 13.7 Å². The first kappa shape index (κ1) is 13.9. The van der Waals surface area contributed by atoms with Crippen molar-refractivity contribution in [1.29, 1.82) is 0 Å². The number of carbonyl (C=O) groups is 2. The van der Waals surface area contributed by atoms with Gasteiger partial charge in [-0.3, -0.25) is 0 Å². The minimum atomic E-state index is -0.765. The van der Waals surface area contributed by atoms with E-state index in [9.17, 15) is 14.0 Å². The lowest BCUT2D eigenvalue weighted by atomic mass is 10.1. The highest BCUT2D eigenvalue weighted by atomic mass is 19.1. The summed E-state index contributed by atoms with van der Waals surface area (Å²) in [7, 11) is 1.17. The van der Waals surface area contributed by atoms with E-state index in [4.69, 9.17) is 0 Å². The molecule has 1 rings (SSSR count). The topological polar surface area (TPSA) is 52.6 Å². The van der Waals surface area contributed by atoms with Gasteiger partial charge in [-0.2, -0.15) is 0 Å². The van der Waals surface area contributed by atoms with Crippen LogP contribution < -0.4 is 0 Å². The van der Waals surface area contributed by atoms with Gasteiger partial charge < -0.3 is 9.47 Å². The minimum absolute atomic E-state index is 0.117. The van der Waals surface area contributed by atoms with Gasteiger partial charge in [0.15, 0.2) is 0 Å². The summed E-state index contributed by atoms with van der Waals surface area (Å²) in [6.45, 7) is 1.91. The summed E-state index contributed by atoms with van der Waals surface area (Å²) >= 11 is 0. The van der Waals surface area contributed by atoms with Crippen LogP contribution in [0.15, 0.2) is 24.3 Å². The van der Waals surface area contributed by atoms with Crippen LogP contribution in [0.25, 0.3) is 6.08 Å². The summed E-state index contributed by atoms with van der Waals surface area (Å²) in [5.74, 6) is -2.07. The maximum atomic E-state index is 13.8. The highest BCUT2D eigenvalue weighted by molar-refractivity contribution is 5.91. The maximum absolute atomic E-state index is 13.8. The monoisotopic (exact) mass is 252 g/mol. The number of esters is 2. The van der Waals surface area contributed by atoms with E-state index in [0.29, 0.717) is 0 Å². The van der Waals surface area contributed by atoms with E-state index < -0.39 is 17.8 Å². The number of halogens is 1. The molecule has 18 heavy (non-hydrogen) atoms. The van der Waals surface area contributed by atoms with Crippen LogP contribution in [0.3, 0.4) is 0 Å². The molecule has 0 saturated heterocycles. The van der Waals surface area contributed by atoms with E-state index >= 15 is 0 Å². The van der Waals surface area contributed by atoms with Gasteiger partial charge in [0, 0.05) is 11.6 Å². The molecule has 0 saturated carbocycles. The molecule has 0 unspecified atom stereocenters. The molecule has 0 aliphatic heterocycles. The molecule has 4 nitrogen and oxygen atoms in total. The fourth-order valence-electron chi connectivity index (χ4n) is 1.29. The molecule has 0 spiro atoms. The Morgan fingerprint density at radius 1 is 1.39 bits per heavy atom. The molecule has 0 amide bonds. The first-order valence-electron chi connectivity index (χ1n) is 5.31. The number of rotatable bonds is 4. The summed E-state index contributed by atoms with van der Waals surface area (Å²) in [5, 5.41) is 0. The molecule has 1 aromatic carbocycles. The zero-order chi connectivity index (χ0) is 13.5. The van der Waals surface area contributed by atoms with Crippen molar-refractivity contribution in [2.24, 2.45) is 0 Å². The van der Waals surface area contributed by atoms with Crippen molar-refractivity contribution in [3.63, 3.8) is 0 Å². The van der Waals surface area contributed by atoms with Gasteiger partial charge in [-0.05, 0) is 19.1 Å². The number of benzene rings is 1. The van der Waals surface area contributed by atoms with Crippen LogP contribution in [0, 0.1) is 5.82 Å². The molecule has 0 bridgehead atoms. The van der Waals surface area contributed by atoms with Crippen molar-refractivity contribution in [3.05, 3.63) is 41.2 Å². The lowest BCUT2D eigenvalue weighted by Crippen LogP contribution is -2.05. The molecule has 0 aliphatic carbocycles. The van der Waals surface area contributed by atoms with Crippen LogP contribution in [-0.4, -0.2) is 25.7 Å². The maximum Gasteiger partial charge on any atom is 0.340 e. The molecule has 0 aliphatic rings. The van der Waals surface area contributed by atoms with Gasteiger partial charge in [0.25, 0.3) is 0 Å². The van der Waals surface area contributed by atoms with Gasteiger partial charge in [0.05, 0.1) is 19.3 Å². The van der Waals surface area contributed by atoms with Gasteiger partial charge in [-0.25, -0.2) is 14.0 Å². The Morgan fingerprint density at radius 3 is 2.72 bits per heavy atom. The summed E-state index contributed by atoms with van der Waals surface area (Å²) in [6.07, 6.45) is 2.35. The Kier molecular flexibility index (Phi) is 5.05. The average molecular weight is 252 g/mol. The lowest BCUT2D eigenvalue weighted by Gasteiger charge is -2.03. The van der Waals surface area contributed by atoms with Crippen molar-refractivity contribution in [2.45, 2.75) is 6.92 Å². The quantitative estimate of drug-likeness (QED) is 0.609. The second-order valence-electron chi connectivity index (χ2n) is 3.29. The second kappa shape index (κ2) is 6.54. The number of hydrogen-bond acceptors (Lipinski definition) is 4. The minimum Gasteiger partial charge on any atom is -0.465 e. The van der Waals surface area contributed by atoms with Gasteiger partial charge in [-0.15, -0.1) is 0 Å². The lowest BCUT2D eigenvalue weighted by molar-refractivity contribution is -0.137. The third-order valence-corrected chi connectivity index (χ3v) is 2.12. The van der Waals surface area contributed by atoms with E-state index in [2.05, 4.69) is 9.47 Å². The van der Waals surface area contributed by atoms with Gasteiger partial charge in [0.1, 0.15) is 5.82 Å². The van der Waals surface area contributed by atoms with Gasteiger partial charge in [0.2, 0.25) is 0 Å². The summed E-state index contributed by atoms with van der Waals surface area (Å²) in [6, 6.07) is 4.25. The number of carbonyl (C=O) groups excluding carboxylic acids is 2. The molecule has 1 aromatic rings. The summed E-state index contributed by atoms with van der Waals surface area (Å²) in [4.78, 5) is 22.3. The SMILES string of the molecule is CCOC(=O)C=Cc1cccc(C(=O)OC)c1F. The fourth-order valence-corrected chi connectivity index (χ4v) is 1.29. The predicted octanol–water partition coefficient (Wildman–Crippen LogP) is 2.19. The Bertz CT molecular complexity index is 480. The standard InChI is InChI=1S/C13H13FO4/c1-3-18-11(15)8-7-9-5-4-6-10(12(9)14)13(16)17-2/h4-8H,3H2,1-2H3. The van der Waals surface area contributed by atoms with Crippen LogP contribution in [0.5, 0.6) is 0 Å². The van der Waals surface area contributed by atoms with E-state index in [1.807, 2.05) is 0 Å². The van der Waals surface area contributed by atoms with Crippen molar-refractivity contribution < 1.29 is 23.5 Å². The molecular weight excluding hydrogens is 239 g/mol. The Morgan fingerprint density at radius 2 is 2.11 bits per heavy atom. The highest BCUT2D eigenvalue weighted by Gasteiger charge is 2.13. The molecule has 0 aromatic heterocycles. The zero-order valence-corrected chi connectivity index (χ0v) is 10.1. The molecular formula is C13H13FO4. The van der Waals surface area contributed by atoms with Gasteiger partial charge >= 0.3 is 11.9 Å². The first-order valence-corrected chi connectivity index (χ1v) is 5.31. The largest absolute Gasteiger partial charge is 0.465 e. The van der Waals surface area contributed by atoms with Crippen LogP contribution in [0.2, 0.25) is 0 Å². The Balaban J connectivity index is 2.97. The fraction of sp³-hybridized carbons (Fsp3) is 0.231. The third kappa shape index (κ3) is 3.41. The van der Waals surface area contributed by atoms with Crippen LogP contribution in [-0.2, 0) is 14.3 Å². The second-order valence-corrected chi connectivity index (χ2v) is 3.29. The molecule has 96 valence electrons. The molecule has 5 heteroatoms. The number of hydrogen-bond donors (Lipinski definition) is 0. The van der Waals surface area contributed by atoms with E-state index in [-0.39, 0.29) is 17.7 Å². The highest BCUT2D eigenvalue weighted by Crippen LogP contribution is 2.15. The Labute approximate surface area is 104 Å². The first-order chi connectivity index (χ1) is 8.60. The van der Waals surface area contributed by atoms with E-state index in [1.54, 1.807) is 6.92 Å². The van der Waals surface area contributed by atoms with Crippen molar-refractivity contribution in [1.82, 2.24) is 0 Å². The van der Waals surface area contributed by atoms with Crippen LogP contribution in [0.4, 0.5) is 4.39 Å². The normalized spacial score (nSPS) is 10.4. The number of methoxy groups -OCH3 is 1. The smallest absolute Gasteiger partial charge is 0.340 e.